The van der Waals surface area contributed by atoms with Gasteiger partial charge in [0.1, 0.15) is 0 Å². The normalized spacial score (nSPS) is 22.0. The fourth-order valence-electron chi connectivity index (χ4n) is 3.07. The third kappa shape index (κ3) is 4.57. The number of hydrogen-bond acceptors (Lipinski definition) is 2. The van der Waals surface area contributed by atoms with Crippen LogP contribution in [0.5, 0.6) is 0 Å². The van der Waals surface area contributed by atoms with E-state index in [9.17, 15) is 4.79 Å². The minimum Gasteiger partial charge on any atom is -0.338 e. The second-order valence-corrected chi connectivity index (χ2v) is 6.32. The Hall–Kier alpha value is -1.35. The monoisotopic (exact) mass is 288 g/mol. The fourth-order valence-corrected chi connectivity index (χ4v) is 3.07. The molecule has 1 fully saturated rings. The number of carbonyl (C=O) groups is 1. The van der Waals surface area contributed by atoms with Gasteiger partial charge in [-0.2, -0.15) is 0 Å². The van der Waals surface area contributed by atoms with Crippen molar-refractivity contribution in [1.29, 1.82) is 0 Å². The van der Waals surface area contributed by atoms with Crippen LogP contribution in [0.2, 0.25) is 0 Å². The van der Waals surface area contributed by atoms with Crippen molar-refractivity contribution >= 4 is 5.91 Å². The van der Waals surface area contributed by atoms with Crippen molar-refractivity contribution in [3.8, 4) is 0 Å². The molecule has 0 aliphatic carbocycles. The van der Waals surface area contributed by atoms with E-state index in [1.54, 1.807) is 0 Å². The first kappa shape index (κ1) is 16.0. The molecule has 1 N–H and O–H groups in total. The topological polar surface area (TPSA) is 32.3 Å². The van der Waals surface area contributed by atoms with Gasteiger partial charge in [0.05, 0.1) is 0 Å². The SMILES string of the molecule is CCCN(Cc1ccc(C)cc1)C(=O)C1CCNC(C)C1. The number of carbonyl (C=O) groups excluding carboxylic acids is 1. The Kier molecular flexibility index (Phi) is 5.80. The van der Waals surface area contributed by atoms with Crippen LogP contribution < -0.4 is 5.32 Å². The zero-order chi connectivity index (χ0) is 15.2. The Morgan fingerprint density at radius 2 is 2.05 bits per heavy atom. The van der Waals surface area contributed by atoms with E-state index in [1.165, 1.54) is 11.1 Å². The molecule has 21 heavy (non-hydrogen) atoms. The molecule has 2 rings (SSSR count). The van der Waals surface area contributed by atoms with Crippen molar-refractivity contribution in [2.75, 3.05) is 13.1 Å². The van der Waals surface area contributed by atoms with Crippen LogP contribution in [0.1, 0.15) is 44.2 Å². The standard InChI is InChI=1S/C18H28N2O/c1-4-11-20(13-16-7-5-14(2)6-8-16)18(21)17-9-10-19-15(3)12-17/h5-8,15,17,19H,4,9-13H2,1-3H3. The predicted octanol–water partition coefficient (Wildman–Crippen LogP) is 3.12. The highest BCUT2D eigenvalue weighted by Crippen LogP contribution is 2.20. The van der Waals surface area contributed by atoms with Gasteiger partial charge in [-0.05, 0) is 45.2 Å². The highest BCUT2D eigenvalue weighted by atomic mass is 16.2. The highest BCUT2D eigenvalue weighted by Gasteiger charge is 2.28. The molecule has 3 nitrogen and oxygen atoms in total. The average Bonchev–Trinajstić information content (AvgIpc) is 2.48. The summed E-state index contributed by atoms with van der Waals surface area (Å²) in [7, 11) is 0. The Bertz CT molecular complexity index is 455. The third-order valence-electron chi connectivity index (χ3n) is 4.27. The summed E-state index contributed by atoms with van der Waals surface area (Å²) in [5.41, 5.74) is 2.49. The van der Waals surface area contributed by atoms with Crippen LogP contribution >= 0.6 is 0 Å². The molecule has 1 aromatic rings. The Labute approximate surface area is 128 Å². The van der Waals surface area contributed by atoms with E-state index in [0.717, 1.165) is 38.9 Å². The lowest BCUT2D eigenvalue weighted by Gasteiger charge is -2.32. The zero-order valence-electron chi connectivity index (χ0n) is 13.6. The fraction of sp³-hybridized carbons (Fsp3) is 0.611. The van der Waals surface area contributed by atoms with Gasteiger partial charge in [-0.15, -0.1) is 0 Å². The van der Waals surface area contributed by atoms with Gasteiger partial charge >= 0.3 is 0 Å². The Morgan fingerprint density at radius 1 is 1.33 bits per heavy atom. The van der Waals surface area contributed by atoms with Crippen molar-refractivity contribution in [3.63, 3.8) is 0 Å². The molecule has 0 radical (unpaired) electrons. The van der Waals surface area contributed by atoms with E-state index < -0.39 is 0 Å². The van der Waals surface area contributed by atoms with E-state index in [4.69, 9.17) is 0 Å². The first-order chi connectivity index (χ1) is 10.1. The molecule has 1 aliphatic rings. The Balaban J connectivity index is 2.03. The van der Waals surface area contributed by atoms with E-state index in [1.807, 2.05) is 4.90 Å². The largest absolute Gasteiger partial charge is 0.338 e. The molecular formula is C18H28N2O. The molecule has 1 aromatic carbocycles. The molecule has 1 aliphatic heterocycles. The van der Waals surface area contributed by atoms with Crippen LogP contribution in [0.3, 0.4) is 0 Å². The quantitative estimate of drug-likeness (QED) is 0.903. The first-order valence-electron chi connectivity index (χ1n) is 8.18. The van der Waals surface area contributed by atoms with Crippen molar-refractivity contribution < 1.29 is 4.79 Å². The summed E-state index contributed by atoms with van der Waals surface area (Å²) in [5.74, 6) is 0.532. The maximum atomic E-state index is 12.8. The second kappa shape index (κ2) is 7.60. The van der Waals surface area contributed by atoms with Crippen LogP contribution in [-0.4, -0.2) is 29.9 Å². The van der Waals surface area contributed by atoms with E-state index >= 15 is 0 Å². The summed E-state index contributed by atoms with van der Waals surface area (Å²) >= 11 is 0. The maximum Gasteiger partial charge on any atom is 0.226 e. The number of nitrogens with zero attached hydrogens (tertiary/aromatic N) is 1. The molecule has 116 valence electrons. The minimum absolute atomic E-state index is 0.193. The highest BCUT2D eigenvalue weighted by molar-refractivity contribution is 5.79. The lowest BCUT2D eigenvalue weighted by Crippen LogP contribution is -2.44. The molecule has 0 bridgehead atoms. The van der Waals surface area contributed by atoms with Gasteiger partial charge in [0.25, 0.3) is 0 Å². The van der Waals surface area contributed by atoms with E-state index in [2.05, 4.69) is 50.4 Å². The summed E-state index contributed by atoms with van der Waals surface area (Å²) in [6.45, 7) is 8.96. The molecule has 1 saturated heterocycles. The number of benzene rings is 1. The number of rotatable bonds is 5. The van der Waals surface area contributed by atoms with Crippen molar-refractivity contribution in [2.45, 2.75) is 52.6 Å². The second-order valence-electron chi connectivity index (χ2n) is 6.32. The lowest BCUT2D eigenvalue weighted by molar-refractivity contribution is -0.137. The summed E-state index contributed by atoms with van der Waals surface area (Å²) < 4.78 is 0. The summed E-state index contributed by atoms with van der Waals surface area (Å²) in [5, 5.41) is 3.42. The van der Waals surface area contributed by atoms with Crippen LogP contribution in [0.25, 0.3) is 0 Å². The van der Waals surface area contributed by atoms with Crippen molar-refractivity contribution in [3.05, 3.63) is 35.4 Å². The van der Waals surface area contributed by atoms with E-state index in [0.29, 0.717) is 11.9 Å². The molecule has 1 amide bonds. The number of piperidine rings is 1. The van der Waals surface area contributed by atoms with Gasteiger partial charge in [0.15, 0.2) is 0 Å². The predicted molar refractivity (Wildman–Crippen MR) is 87.1 cm³/mol. The van der Waals surface area contributed by atoms with Gasteiger partial charge in [0, 0.05) is 25.0 Å². The smallest absolute Gasteiger partial charge is 0.226 e. The average molecular weight is 288 g/mol. The minimum atomic E-state index is 0.193. The molecule has 3 heteroatoms. The van der Waals surface area contributed by atoms with Gasteiger partial charge in [0.2, 0.25) is 5.91 Å². The molecule has 0 spiro atoms. The lowest BCUT2D eigenvalue weighted by atomic mass is 9.91. The number of nitrogens with one attached hydrogen (secondary N) is 1. The van der Waals surface area contributed by atoms with Crippen LogP contribution in [-0.2, 0) is 11.3 Å². The molecular weight excluding hydrogens is 260 g/mol. The van der Waals surface area contributed by atoms with Crippen LogP contribution in [0.15, 0.2) is 24.3 Å². The van der Waals surface area contributed by atoms with Crippen LogP contribution in [0, 0.1) is 12.8 Å². The summed E-state index contributed by atoms with van der Waals surface area (Å²) in [6, 6.07) is 8.97. The number of hydrogen-bond donors (Lipinski definition) is 1. The molecule has 0 saturated carbocycles. The molecule has 2 atom stereocenters. The van der Waals surface area contributed by atoms with Crippen molar-refractivity contribution in [1.82, 2.24) is 10.2 Å². The van der Waals surface area contributed by atoms with Gasteiger partial charge in [-0.3, -0.25) is 4.79 Å². The van der Waals surface area contributed by atoms with E-state index in [-0.39, 0.29) is 5.92 Å². The first-order valence-corrected chi connectivity index (χ1v) is 8.18. The zero-order valence-corrected chi connectivity index (χ0v) is 13.6. The Morgan fingerprint density at radius 3 is 2.67 bits per heavy atom. The third-order valence-corrected chi connectivity index (χ3v) is 4.27. The number of aryl methyl sites for hydroxylation is 1. The number of amides is 1. The maximum absolute atomic E-state index is 12.8. The molecule has 2 unspecified atom stereocenters. The van der Waals surface area contributed by atoms with Crippen LogP contribution in [0.4, 0.5) is 0 Å². The van der Waals surface area contributed by atoms with Gasteiger partial charge in [-0.25, -0.2) is 0 Å². The molecule has 0 aromatic heterocycles. The van der Waals surface area contributed by atoms with Crippen molar-refractivity contribution in [2.24, 2.45) is 5.92 Å². The summed E-state index contributed by atoms with van der Waals surface area (Å²) in [6.07, 6.45) is 2.95. The van der Waals surface area contributed by atoms with Gasteiger partial charge < -0.3 is 10.2 Å². The summed E-state index contributed by atoms with van der Waals surface area (Å²) in [4.78, 5) is 14.9. The molecule has 1 heterocycles. The van der Waals surface area contributed by atoms with Gasteiger partial charge in [-0.1, -0.05) is 36.8 Å².